The van der Waals surface area contributed by atoms with Crippen LogP contribution < -0.4 is 10.6 Å². The minimum absolute atomic E-state index is 0.0497. The molecule has 0 bridgehead atoms. The number of hydrogen-bond acceptors (Lipinski definition) is 4. The first kappa shape index (κ1) is 22.7. The molecule has 3 unspecified atom stereocenters. The third-order valence-electron chi connectivity index (χ3n) is 6.31. The number of carbonyl (C=O) groups excluding carboxylic acids is 2. The van der Waals surface area contributed by atoms with Crippen LogP contribution in [0.25, 0.3) is 11.1 Å². The van der Waals surface area contributed by atoms with Crippen LogP contribution in [-0.4, -0.2) is 48.7 Å². The molecule has 2 aliphatic rings. The summed E-state index contributed by atoms with van der Waals surface area (Å²) in [7, 11) is 0. The van der Waals surface area contributed by atoms with Gasteiger partial charge in [-0.2, -0.15) is 0 Å². The smallest absolute Gasteiger partial charge is 0.407 e. The molecule has 0 spiro atoms. The molecule has 9 heteroatoms. The SMILES string of the molecule is CC(CNC(=O)OCC1c2ccccc2-c2ccccc21)C(=O)NCC1C(C(=O)O)C1(F)F. The Labute approximate surface area is 189 Å². The molecular weight excluding hydrogens is 434 g/mol. The maximum absolute atomic E-state index is 13.4. The summed E-state index contributed by atoms with van der Waals surface area (Å²) in [4.78, 5) is 35.1. The number of alkyl carbamates (subject to hydrolysis) is 1. The van der Waals surface area contributed by atoms with Gasteiger partial charge in [-0.3, -0.25) is 9.59 Å². The molecular formula is C24H24F2N2O5. The van der Waals surface area contributed by atoms with E-state index in [-0.39, 0.29) is 19.1 Å². The number of nitrogens with one attached hydrogen (secondary N) is 2. The van der Waals surface area contributed by atoms with E-state index in [4.69, 9.17) is 9.84 Å². The van der Waals surface area contributed by atoms with Gasteiger partial charge in [0.25, 0.3) is 5.92 Å². The fourth-order valence-corrected chi connectivity index (χ4v) is 4.34. The lowest BCUT2D eigenvalue weighted by atomic mass is 9.98. The van der Waals surface area contributed by atoms with Crippen molar-refractivity contribution in [2.45, 2.75) is 18.8 Å². The highest BCUT2D eigenvalue weighted by molar-refractivity contribution is 5.81. The molecule has 1 saturated carbocycles. The minimum atomic E-state index is -3.32. The van der Waals surface area contributed by atoms with Crippen LogP contribution in [0.3, 0.4) is 0 Å². The fraction of sp³-hybridized carbons (Fsp3) is 0.375. The lowest BCUT2D eigenvalue weighted by Crippen LogP contribution is -2.39. The highest BCUT2D eigenvalue weighted by Gasteiger charge is 2.72. The van der Waals surface area contributed by atoms with Gasteiger partial charge >= 0.3 is 12.1 Å². The van der Waals surface area contributed by atoms with Gasteiger partial charge in [-0.05, 0) is 22.3 Å². The van der Waals surface area contributed by atoms with Crippen LogP contribution in [0.4, 0.5) is 13.6 Å². The summed E-state index contributed by atoms with van der Waals surface area (Å²) in [6.45, 7) is 1.18. The van der Waals surface area contributed by atoms with Crippen LogP contribution in [0.2, 0.25) is 0 Å². The molecule has 2 amide bonds. The zero-order valence-electron chi connectivity index (χ0n) is 17.9. The number of fused-ring (bicyclic) bond motifs is 3. The molecule has 3 atom stereocenters. The van der Waals surface area contributed by atoms with E-state index in [2.05, 4.69) is 10.6 Å². The van der Waals surface area contributed by atoms with Crippen molar-refractivity contribution >= 4 is 18.0 Å². The van der Waals surface area contributed by atoms with Crippen molar-refractivity contribution in [2.75, 3.05) is 19.7 Å². The summed E-state index contributed by atoms with van der Waals surface area (Å²) < 4.78 is 32.2. The highest BCUT2D eigenvalue weighted by Crippen LogP contribution is 2.54. The standard InChI is InChI=1S/C24H24F2N2O5/c1-13(21(29)27-11-19-20(22(30)31)24(19,25)26)10-28-23(32)33-12-18-16-8-4-2-6-14(16)15-7-3-5-9-17(15)18/h2-9,13,18-20H,10-12H2,1H3,(H,27,29)(H,28,32)(H,30,31). The van der Waals surface area contributed by atoms with Gasteiger partial charge in [0.2, 0.25) is 5.91 Å². The summed E-state index contributed by atoms with van der Waals surface area (Å²) in [5, 5.41) is 13.6. The van der Waals surface area contributed by atoms with Crippen molar-refractivity contribution in [3.8, 4) is 11.1 Å². The molecule has 1 fully saturated rings. The number of alkyl halides is 2. The summed E-state index contributed by atoms with van der Waals surface area (Å²) in [5.41, 5.74) is 4.38. The van der Waals surface area contributed by atoms with Gasteiger partial charge in [0.1, 0.15) is 12.5 Å². The van der Waals surface area contributed by atoms with Crippen molar-refractivity contribution in [3.63, 3.8) is 0 Å². The topological polar surface area (TPSA) is 105 Å². The van der Waals surface area contributed by atoms with E-state index in [9.17, 15) is 23.2 Å². The zero-order valence-corrected chi connectivity index (χ0v) is 17.9. The number of halogens is 2. The molecule has 7 nitrogen and oxygen atoms in total. The molecule has 33 heavy (non-hydrogen) atoms. The number of amides is 2. The predicted molar refractivity (Wildman–Crippen MR) is 115 cm³/mol. The van der Waals surface area contributed by atoms with Gasteiger partial charge in [0, 0.05) is 19.0 Å². The van der Waals surface area contributed by atoms with E-state index in [0.717, 1.165) is 22.3 Å². The van der Waals surface area contributed by atoms with E-state index >= 15 is 0 Å². The first-order chi connectivity index (χ1) is 15.7. The van der Waals surface area contributed by atoms with Gasteiger partial charge in [-0.25, -0.2) is 13.6 Å². The number of rotatable bonds is 8. The van der Waals surface area contributed by atoms with Crippen molar-refractivity contribution in [2.24, 2.45) is 17.8 Å². The van der Waals surface area contributed by atoms with Crippen molar-refractivity contribution < 1.29 is 33.0 Å². The number of carboxylic acids is 1. The summed E-state index contributed by atoms with van der Waals surface area (Å²) in [6, 6.07) is 15.9. The quantitative estimate of drug-likeness (QED) is 0.563. The monoisotopic (exact) mass is 458 g/mol. The molecule has 0 aliphatic heterocycles. The van der Waals surface area contributed by atoms with E-state index in [1.807, 2.05) is 48.5 Å². The van der Waals surface area contributed by atoms with E-state index in [1.54, 1.807) is 0 Å². The Morgan fingerprint density at radius 2 is 1.61 bits per heavy atom. The maximum atomic E-state index is 13.4. The first-order valence-electron chi connectivity index (χ1n) is 10.7. The molecule has 3 N–H and O–H groups in total. The van der Waals surface area contributed by atoms with Crippen molar-refractivity contribution in [3.05, 3.63) is 59.7 Å². The lowest BCUT2D eigenvalue weighted by molar-refractivity contribution is -0.141. The number of aliphatic carboxylic acids is 1. The Hall–Kier alpha value is -3.49. The summed E-state index contributed by atoms with van der Waals surface area (Å²) in [6.07, 6.45) is -0.684. The van der Waals surface area contributed by atoms with Crippen LogP contribution in [0.15, 0.2) is 48.5 Å². The third kappa shape index (κ3) is 4.40. The van der Waals surface area contributed by atoms with Crippen molar-refractivity contribution in [1.82, 2.24) is 10.6 Å². The molecule has 2 aromatic carbocycles. The van der Waals surface area contributed by atoms with Gasteiger partial charge in [-0.1, -0.05) is 55.5 Å². The minimum Gasteiger partial charge on any atom is -0.481 e. The first-order valence-corrected chi connectivity index (χ1v) is 10.7. The number of ether oxygens (including phenoxy) is 1. The Bertz CT molecular complexity index is 1040. The van der Waals surface area contributed by atoms with Crippen molar-refractivity contribution in [1.29, 1.82) is 0 Å². The fourth-order valence-electron chi connectivity index (χ4n) is 4.34. The number of carboxylic acid groups (broad SMARTS) is 1. The Balaban J connectivity index is 1.24. The third-order valence-corrected chi connectivity index (χ3v) is 6.31. The Morgan fingerprint density at radius 3 is 2.15 bits per heavy atom. The van der Waals surface area contributed by atoms with Gasteiger partial charge in [0.15, 0.2) is 0 Å². The second-order valence-corrected chi connectivity index (χ2v) is 8.45. The van der Waals surface area contributed by atoms with Crippen LogP contribution >= 0.6 is 0 Å². The lowest BCUT2D eigenvalue weighted by Gasteiger charge is -2.16. The molecule has 174 valence electrons. The second-order valence-electron chi connectivity index (χ2n) is 8.45. The predicted octanol–water partition coefficient (Wildman–Crippen LogP) is 3.24. The van der Waals surface area contributed by atoms with Crippen LogP contribution in [0.5, 0.6) is 0 Å². The second kappa shape index (κ2) is 8.80. The number of carbonyl (C=O) groups is 3. The Morgan fingerprint density at radius 1 is 1.03 bits per heavy atom. The van der Waals surface area contributed by atoms with E-state index in [0.29, 0.717) is 0 Å². The molecule has 4 rings (SSSR count). The van der Waals surface area contributed by atoms with Crippen LogP contribution in [0.1, 0.15) is 24.0 Å². The van der Waals surface area contributed by atoms with Gasteiger partial charge < -0.3 is 20.5 Å². The maximum Gasteiger partial charge on any atom is 0.407 e. The molecule has 0 heterocycles. The largest absolute Gasteiger partial charge is 0.481 e. The number of hydrogen-bond donors (Lipinski definition) is 3. The summed E-state index contributed by atoms with van der Waals surface area (Å²) in [5.74, 6) is -9.44. The average molecular weight is 458 g/mol. The molecule has 2 aromatic rings. The van der Waals surface area contributed by atoms with Crippen LogP contribution in [0, 0.1) is 17.8 Å². The van der Waals surface area contributed by atoms with E-state index in [1.165, 1.54) is 6.92 Å². The Kier molecular flexibility index (Phi) is 6.05. The molecule has 0 saturated heterocycles. The highest BCUT2D eigenvalue weighted by atomic mass is 19.3. The molecule has 0 aromatic heterocycles. The molecule has 2 aliphatic carbocycles. The average Bonchev–Trinajstić information content (AvgIpc) is 3.21. The normalized spacial score (nSPS) is 20.8. The van der Waals surface area contributed by atoms with E-state index < -0.39 is 48.2 Å². The van der Waals surface area contributed by atoms with Gasteiger partial charge in [-0.15, -0.1) is 0 Å². The number of benzene rings is 2. The van der Waals surface area contributed by atoms with Gasteiger partial charge in [0.05, 0.1) is 11.8 Å². The molecule has 0 radical (unpaired) electrons. The zero-order chi connectivity index (χ0) is 23.8. The summed E-state index contributed by atoms with van der Waals surface area (Å²) >= 11 is 0. The van der Waals surface area contributed by atoms with Crippen LogP contribution in [-0.2, 0) is 14.3 Å².